The third-order valence-electron chi connectivity index (χ3n) is 3.21. The molecule has 0 aromatic heterocycles. The molecule has 21 heavy (non-hydrogen) atoms. The molecule has 0 radical (unpaired) electrons. The van der Waals surface area contributed by atoms with E-state index in [-0.39, 0.29) is 11.8 Å². The smallest absolute Gasteiger partial charge is 0.253 e. The SMILES string of the molecule is CCCCN(C)C(=O)/C=C/c1ccc(C(=O)N(C)C)cc1. The molecule has 114 valence electrons. The number of unbranched alkanes of at least 4 members (excludes halogenated alkanes) is 1. The minimum atomic E-state index is -0.0269. The second kappa shape index (κ2) is 8.25. The van der Waals surface area contributed by atoms with E-state index in [4.69, 9.17) is 0 Å². The summed E-state index contributed by atoms with van der Waals surface area (Å²) in [6, 6.07) is 7.22. The van der Waals surface area contributed by atoms with Crippen LogP contribution in [0.3, 0.4) is 0 Å². The van der Waals surface area contributed by atoms with Gasteiger partial charge in [-0.15, -0.1) is 0 Å². The van der Waals surface area contributed by atoms with Crippen LogP contribution in [0.2, 0.25) is 0 Å². The standard InChI is InChI=1S/C17H24N2O2/c1-5-6-13-19(4)16(20)12-9-14-7-10-15(11-8-14)17(21)18(2)3/h7-12H,5-6,13H2,1-4H3/b12-9+. The van der Waals surface area contributed by atoms with Crippen molar-refractivity contribution in [2.75, 3.05) is 27.7 Å². The Morgan fingerprint density at radius 2 is 1.71 bits per heavy atom. The van der Waals surface area contributed by atoms with Crippen molar-refractivity contribution in [3.8, 4) is 0 Å². The fourth-order valence-electron chi connectivity index (χ4n) is 1.80. The molecule has 0 aliphatic rings. The minimum absolute atomic E-state index is 0.00288. The Hall–Kier alpha value is -2.10. The van der Waals surface area contributed by atoms with Crippen molar-refractivity contribution in [2.45, 2.75) is 19.8 Å². The second-order valence-corrected chi connectivity index (χ2v) is 5.27. The quantitative estimate of drug-likeness (QED) is 0.755. The number of hydrogen-bond acceptors (Lipinski definition) is 2. The molecule has 4 nitrogen and oxygen atoms in total. The summed E-state index contributed by atoms with van der Waals surface area (Å²) in [7, 11) is 5.25. The number of carbonyl (C=O) groups excluding carboxylic acids is 2. The molecule has 0 aliphatic carbocycles. The largest absolute Gasteiger partial charge is 0.345 e. The van der Waals surface area contributed by atoms with Gasteiger partial charge in [-0.2, -0.15) is 0 Å². The molecular weight excluding hydrogens is 264 g/mol. The monoisotopic (exact) mass is 288 g/mol. The van der Waals surface area contributed by atoms with E-state index in [9.17, 15) is 9.59 Å². The molecule has 1 rings (SSSR count). The number of benzene rings is 1. The third-order valence-corrected chi connectivity index (χ3v) is 3.21. The van der Waals surface area contributed by atoms with Crippen LogP contribution < -0.4 is 0 Å². The number of likely N-dealkylation sites (N-methyl/N-ethyl adjacent to an activating group) is 1. The molecule has 0 spiro atoms. The van der Waals surface area contributed by atoms with E-state index in [1.807, 2.05) is 12.1 Å². The van der Waals surface area contributed by atoms with Gasteiger partial charge >= 0.3 is 0 Å². The molecule has 1 aromatic carbocycles. The summed E-state index contributed by atoms with van der Waals surface area (Å²) in [5, 5.41) is 0. The predicted molar refractivity (Wildman–Crippen MR) is 86.0 cm³/mol. The molecule has 0 fully saturated rings. The average Bonchev–Trinajstić information content (AvgIpc) is 2.49. The van der Waals surface area contributed by atoms with E-state index >= 15 is 0 Å². The summed E-state index contributed by atoms with van der Waals surface area (Å²) in [6.45, 7) is 2.88. The zero-order valence-corrected chi connectivity index (χ0v) is 13.3. The van der Waals surface area contributed by atoms with Crippen molar-refractivity contribution in [1.82, 2.24) is 9.80 Å². The van der Waals surface area contributed by atoms with Gasteiger partial charge in [0.25, 0.3) is 5.91 Å². The van der Waals surface area contributed by atoms with Crippen molar-refractivity contribution in [2.24, 2.45) is 0 Å². The van der Waals surface area contributed by atoms with Gasteiger partial charge in [-0.3, -0.25) is 9.59 Å². The van der Waals surface area contributed by atoms with Gasteiger partial charge in [0.2, 0.25) is 5.91 Å². The first-order valence-electron chi connectivity index (χ1n) is 7.20. The maximum Gasteiger partial charge on any atom is 0.253 e. The zero-order chi connectivity index (χ0) is 15.8. The van der Waals surface area contributed by atoms with E-state index in [1.54, 1.807) is 50.3 Å². The van der Waals surface area contributed by atoms with Crippen LogP contribution in [0, 0.1) is 0 Å². The van der Waals surface area contributed by atoms with Crippen LogP contribution in [0.5, 0.6) is 0 Å². The molecule has 2 amide bonds. The maximum atomic E-state index is 11.9. The highest BCUT2D eigenvalue weighted by atomic mass is 16.2. The van der Waals surface area contributed by atoms with E-state index in [1.165, 1.54) is 4.90 Å². The van der Waals surface area contributed by atoms with Crippen LogP contribution in [-0.2, 0) is 4.79 Å². The van der Waals surface area contributed by atoms with Gasteiger partial charge in [-0.1, -0.05) is 25.5 Å². The van der Waals surface area contributed by atoms with Crippen LogP contribution in [0.4, 0.5) is 0 Å². The van der Waals surface area contributed by atoms with Gasteiger partial charge < -0.3 is 9.80 Å². The van der Waals surface area contributed by atoms with Crippen LogP contribution in [0.25, 0.3) is 6.08 Å². The molecule has 0 saturated heterocycles. The average molecular weight is 288 g/mol. The van der Waals surface area contributed by atoms with E-state index in [0.717, 1.165) is 24.9 Å². The maximum absolute atomic E-state index is 11.9. The molecule has 0 unspecified atom stereocenters. The van der Waals surface area contributed by atoms with Crippen molar-refractivity contribution >= 4 is 17.9 Å². The Morgan fingerprint density at radius 1 is 1.10 bits per heavy atom. The topological polar surface area (TPSA) is 40.6 Å². The number of amides is 2. The highest BCUT2D eigenvalue weighted by Gasteiger charge is 2.07. The van der Waals surface area contributed by atoms with Crippen LogP contribution >= 0.6 is 0 Å². The number of rotatable bonds is 6. The first kappa shape index (κ1) is 17.0. The molecule has 0 heterocycles. The Labute approximate surface area is 127 Å². The minimum Gasteiger partial charge on any atom is -0.345 e. The summed E-state index contributed by atoms with van der Waals surface area (Å²) in [5.41, 5.74) is 1.55. The summed E-state index contributed by atoms with van der Waals surface area (Å²) in [6.07, 6.45) is 5.42. The predicted octanol–water partition coefficient (Wildman–Crippen LogP) is 2.66. The first-order chi connectivity index (χ1) is 9.95. The highest BCUT2D eigenvalue weighted by molar-refractivity contribution is 5.94. The lowest BCUT2D eigenvalue weighted by Gasteiger charge is -2.14. The van der Waals surface area contributed by atoms with E-state index < -0.39 is 0 Å². The number of hydrogen-bond donors (Lipinski definition) is 0. The molecule has 0 saturated carbocycles. The van der Waals surface area contributed by atoms with Crippen molar-refractivity contribution in [1.29, 1.82) is 0 Å². The third kappa shape index (κ3) is 5.42. The lowest BCUT2D eigenvalue weighted by atomic mass is 10.1. The Morgan fingerprint density at radius 3 is 2.24 bits per heavy atom. The summed E-state index contributed by atoms with van der Waals surface area (Å²) < 4.78 is 0. The first-order valence-corrected chi connectivity index (χ1v) is 7.20. The van der Waals surface area contributed by atoms with Gasteiger partial charge in [0, 0.05) is 39.3 Å². The second-order valence-electron chi connectivity index (χ2n) is 5.27. The molecule has 4 heteroatoms. The molecule has 0 N–H and O–H groups in total. The van der Waals surface area contributed by atoms with Crippen LogP contribution in [0.15, 0.2) is 30.3 Å². The van der Waals surface area contributed by atoms with Gasteiger partial charge in [0.1, 0.15) is 0 Å². The normalized spacial score (nSPS) is 10.7. The molecule has 0 bridgehead atoms. The van der Waals surface area contributed by atoms with Gasteiger partial charge in [0.15, 0.2) is 0 Å². The Balaban J connectivity index is 2.65. The molecule has 1 aromatic rings. The fourth-order valence-corrected chi connectivity index (χ4v) is 1.80. The number of nitrogens with zero attached hydrogens (tertiary/aromatic N) is 2. The lowest BCUT2D eigenvalue weighted by molar-refractivity contribution is -0.124. The van der Waals surface area contributed by atoms with Crippen molar-refractivity contribution in [3.05, 3.63) is 41.5 Å². The van der Waals surface area contributed by atoms with Crippen LogP contribution in [0.1, 0.15) is 35.7 Å². The van der Waals surface area contributed by atoms with Gasteiger partial charge in [0.05, 0.1) is 0 Å². The van der Waals surface area contributed by atoms with Crippen molar-refractivity contribution < 1.29 is 9.59 Å². The Bertz CT molecular complexity index is 504. The molecule has 0 aliphatic heterocycles. The fraction of sp³-hybridized carbons (Fsp3) is 0.412. The molecular formula is C17H24N2O2. The zero-order valence-electron chi connectivity index (χ0n) is 13.3. The summed E-state index contributed by atoms with van der Waals surface area (Å²) >= 11 is 0. The number of carbonyl (C=O) groups is 2. The van der Waals surface area contributed by atoms with Crippen molar-refractivity contribution in [3.63, 3.8) is 0 Å². The van der Waals surface area contributed by atoms with Gasteiger partial charge in [-0.05, 0) is 30.2 Å². The summed E-state index contributed by atoms with van der Waals surface area (Å²) in [5.74, 6) is -0.0298. The Kier molecular flexibility index (Phi) is 6.66. The van der Waals surface area contributed by atoms with E-state index in [2.05, 4.69) is 6.92 Å². The highest BCUT2D eigenvalue weighted by Crippen LogP contribution is 2.08. The van der Waals surface area contributed by atoms with Crippen LogP contribution in [-0.4, -0.2) is 49.3 Å². The lowest BCUT2D eigenvalue weighted by Crippen LogP contribution is -2.25. The molecule has 0 atom stereocenters. The summed E-state index contributed by atoms with van der Waals surface area (Å²) in [4.78, 5) is 26.9. The van der Waals surface area contributed by atoms with Gasteiger partial charge in [-0.25, -0.2) is 0 Å². The van der Waals surface area contributed by atoms with E-state index in [0.29, 0.717) is 5.56 Å².